The second kappa shape index (κ2) is 12.0. The molecule has 1 amide bonds. The van der Waals surface area contributed by atoms with Gasteiger partial charge < -0.3 is 29.3 Å². The summed E-state index contributed by atoms with van der Waals surface area (Å²) in [5, 5.41) is 21.5. The summed E-state index contributed by atoms with van der Waals surface area (Å²) in [6, 6.07) is 16.2. The third-order valence-electron chi connectivity index (χ3n) is 7.20. The van der Waals surface area contributed by atoms with Crippen LogP contribution < -0.4 is 14.2 Å². The molecule has 8 nitrogen and oxygen atoms in total. The number of carbonyl (C=O) groups excluding carboxylic acids is 2. The summed E-state index contributed by atoms with van der Waals surface area (Å²) in [6.07, 6.45) is 0.430. The zero-order chi connectivity index (χ0) is 29.9. The summed E-state index contributed by atoms with van der Waals surface area (Å²) in [5.74, 6) is 0.173. The van der Waals surface area contributed by atoms with Gasteiger partial charge in [-0.2, -0.15) is 0 Å². The molecule has 1 aliphatic heterocycles. The quantitative estimate of drug-likeness (QED) is 0.195. The minimum atomic E-state index is -0.847. The Kier molecular flexibility index (Phi) is 8.61. The average Bonchev–Trinajstić information content (AvgIpc) is 3.20. The topological polar surface area (TPSA) is 106 Å². The molecule has 0 aromatic heterocycles. The molecule has 1 saturated heterocycles. The molecule has 0 bridgehead atoms. The van der Waals surface area contributed by atoms with Gasteiger partial charge in [-0.25, -0.2) is 0 Å². The van der Waals surface area contributed by atoms with Gasteiger partial charge in [0.05, 0.1) is 32.4 Å². The number of hydrogen-bond donors (Lipinski definition) is 2. The van der Waals surface area contributed by atoms with Crippen LogP contribution in [0.15, 0.2) is 66.2 Å². The molecule has 1 aliphatic rings. The van der Waals surface area contributed by atoms with Crippen LogP contribution in [-0.4, -0.2) is 54.2 Å². The number of amides is 1. The summed E-state index contributed by atoms with van der Waals surface area (Å²) in [5.41, 5.74) is 2.46. The molecule has 8 heteroatoms. The van der Waals surface area contributed by atoms with E-state index >= 15 is 0 Å². The Morgan fingerprint density at radius 3 is 2.17 bits per heavy atom. The minimum absolute atomic E-state index is 0.00276. The number of rotatable bonds is 9. The minimum Gasteiger partial charge on any atom is -0.508 e. The van der Waals surface area contributed by atoms with E-state index in [0.29, 0.717) is 41.4 Å². The Bertz CT molecular complexity index is 1470. The van der Waals surface area contributed by atoms with Crippen LogP contribution >= 0.6 is 0 Å². The number of phenols is 1. The molecular weight excluding hydrogens is 522 g/mol. The first-order valence-electron chi connectivity index (χ1n) is 13.6. The Labute approximate surface area is 240 Å². The molecule has 0 spiro atoms. The number of likely N-dealkylation sites (tertiary alicyclic amines) is 1. The summed E-state index contributed by atoms with van der Waals surface area (Å²) in [4.78, 5) is 28.4. The van der Waals surface area contributed by atoms with Crippen molar-refractivity contribution in [1.82, 2.24) is 4.90 Å². The molecule has 0 aliphatic carbocycles. The van der Waals surface area contributed by atoms with Crippen LogP contribution in [0.25, 0.3) is 5.76 Å². The number of carbonyl (C=O) groups is 2. The Morgan fingerprint density at radius 2 is 1.56 bits per heavy atom. The summed E-state index contributed by atoms with van der Waals surface area (Å²) >= 11 is 0. The van der Waals surface area contributed by atoms with Crippen LogP contribution in [0.1, 0.15) is 56.0 Å². The first-order valence-corrected chi connectivity index (χ1v) is 13.6. The van der Waals surface area contributed by atoms with Gasteiger partial charge in [0, 0.05) is 17.7 Å². The molecule has 1 unspecified atom stereocenters. The van der Waals surface area contributed by atoms with Crippen molar-refractivity contribution in [3.05, 3.63) is 88.5 Å². The predicted octanol–water partition coefficient (Wildman–Crippen LogP) is 5.77. The van der Waals surface area contributed by atoms with Gasteiger partial charge in [-0.05, 0) is 72.4 Å². The number of aromatic hydroxyl groups is 1. The smallest absolute Gasteiger partial charge is 0.295 e. The first-order chi connectivity index (χ1) is 19.5. The molecule has 1 heterocycles. The van der Waals surface area contributed by atoms with Crippen molar-refractivity contribution in [3.63, 3.8) is 0 Å². The van der Waals surface area contributed by atoms with Gasteiger partial charge in [0.1, 0.15) is 17.3 Å². The maximum absolute atomic E-state index is 13.5. The van der Waals surface area contributed by atoms with Crippen molar-refractivity contribution in [2.24, 2.45) is 0 Å². The Hall–Kier alpha value is -4.46. The largest absolute Gasteiger partial charge is 0.508 e. The molecule has 1 atom stereocenters. The lowest BCUT2D eigenvalue weighted by molar-refractivity contribution is -0.139. The van der Waals surface area contributed by atoms with Gasteiger partial charge in [-0.15, -0.1) is 0 Å². The number of methoxy groups -OCH3 is 2. The highest BCUT2D eigenvalue weighted by Crippen LogP contribution is 2.41. The van der Waals surface area contributed by atoms with E-state index in [2.05, 4.69) is 0 Å². The second-order valence-corrected chi connectivity index (χ2v) is 10.9. The maximum Gasteiger partial charge on any atom is 0.295 e. The summed E-state index contributed by atoms with van der Waals surface area (Å²) in [6.45, 7) is 8.72. The number of Topliss-reactive ketones (excluding diaryl/α,β-unsaturated/α-hetero) is 1. The maximum atomic E-state index is 13.5. The van der Waals surface area contributed by atoms with E-state index in [9.17, 15) is 19.8 Å². The van der Waals surface area contributed by atoms with Crippen molar-refractivity contribution in [3.8, 4) is 23.0 Å². The first kappa shape index (κ1) is 29.5. The van der Waals surface area contributed by atoms with Gasteiger partial charge in [-0.3, -0.25) is 9.59 Å². The van der Waals surface area contributed by atoms with Crippen LogP contribution in [-0.2, 0) is 21.4 Å². The van der Waals surface area contributed by atoms with Crippen LogP contribution in [0, 0.1) is 0 Å². The second-order valence-electron chi connectivity index (χ2n) is 10.9. The normalized spacial score (nSPS) is 16.6. The van der Waals surface area contributed by atoms with E-state index in [-0.39, 0.29) is 29.0 Å². The molecule has 0 saturated carbocycles. The van der Waals surface area contributed by atoms with Gasteiger partial charge in [0.25, 0.3) is 11.7 Å². The molecule has 216 valence electrons. The summed E-state index contributed by atoms with van der Waals surface area (Å²) in [7, 11) is 3.11. The average molecular weight is 560 g/mol. The molecule has 4 rings (SSSR count). The van der Waals surface area contributed by atoms with Crippen LogP contribution in [0.5, 0.6) is 23.0 Å². The molecule has 3 aromatic rings. The van der Waals surface area contributed by atoms with Crippen molar-refractivity contribution >= 4 is 17.4 Å². The number of phenolic OH excluding ortho intramolecular Hbond substituents is 1. The lowest BCUT2D eigenvalue weighted by atomic mass is 9.84. The van der Waals surface area contributed by atoms with Crippen molar-refractivity contribution in [2.45, 2.75) is 45.6 Å². The van der Waals surface area contributed by atoms with Gasteiger partial charge >= 0.3 is 0 Å². The number of nitrogens with zero attached hydrogens (tertiary/aromatic N) is 1. The summed E-state index contributed by atoms with van der Waals surface area (Å²) < 4.78 is 16.5. The molecule has 3 aromatic carbocycles. The van der Waals surface area contributed by atoms with E-state index in [4.69, 9.17) is 14.2 Å². The van der Waals surface area contributed by atoms with Crippen molar-refractivity contribution < 1.29 is 34.0 Å². The van der Waals surface area contributed by atoms with Gasteiger partial charge in [0.15, 0.2) is 11.5 Å². The van der Waals surface area contributed by atoms with E-state index in [1.165, 1.54) is 17.0 Å². The van der Waals surface area contributed by atoms with Gasteiger partial charge in [0.2, 0.25) is 0 Å². The van der Waals surface area contributed by atoms with E-state index in [1.807, 2.05) is 45.9 Å². The number of benzene rings is 3. The molecular formula is C33H37NO7. The number of aliphatic hydroxyl groups excluding tert-OH is 1. The molecule has 41 heavy (non-hydrogen) atoms. The standard InChI is InChI=1S/C33H37NO7/c1-7-41-25-15-11-22(19-24(25)33(2,3)4)30(36)28-29(21-9-12-23(35)13-10-21)34(32(38)31(28)37)17-16-20-8-14-26(39-5)27(18-20)40-6/h8-15,18-19,29,35-36H,7,16-17H2,1-6H3/b30-28-. The van der Waals surface area contributed by atoms with E-state index in [0.717, 1.165) is 11.1 Å². The SMILES string of the molecule is CCOc1ccc(/C(O)=C2/C(=O)C(=O)N(CCc3ccc(OC)c(OC)c3)C2c2ccc(O)cc2)cc1C(C)(C)C. The monoisotopic (exact) mass is 559 g/mol. The third kappa shape index (κ3) is 6.01. The van der Waals surface area contributed by atoms with E-state index < -0.39 is 17.7 Å². The zero-order valence-corrected chi connectivity index (χ0v) is 24.4. The van der Waals surface area contributed by atoms with Gasteiger partial charge in [-0.1, -0.05) is 39.0 Å². The third-order valence-corrected chi connectivity index (χ3v) is 7.20. The van der Waals surface area contributed by atoms with E-state index in [1.54, 1.807) is 44.6 Å². The number of ketones is 1. The highest BCUT2D eigenvalue weighted by molar-refractivity contribution is 6.46. The fourth-order valence-electron chi connectivity index (χ4n) is 5.10. The Morgan fingerprint density at radius 1 is 0.902 bits per heavy atom. The van der Waals surface area contributed by atoms with Crippen LogP contribution in [0.4, 0.5) is 0 Å². The van der Waals surface area contributed by atoms with Crippen molar-refractivity contribution in [1.29, 1.82) is 0 Å². The molecule has 0 radical (unpaired) electrons. The zero-order valence-electron chi connectivity index (χ0n) is 24.4. The lowest BCUT2D eigenvalue weighted by Crippen LogP contribution is -2.31. The molecule has 1 fully saturated rings. The lowest BCUT2D eigenvalue weighted by Gasteiger charge is -2.26. The number of ether oxygens (including phenoxy) is 3. The number of aliphatic hydroxyl groups is 1. The fourth-order valence-corrected chi connectivity index (χ4v) is 5.10. The Balaban J connectivity index is 1.79. The van der Waals surface area contributed by atoms with Crippen molar-refractivity contribution in [2.75, 3.05) is 27.4 Å². The highest BCUT2D eigenvalue weighted by Gasteiger charge is 2.46. The highest BCUT2D eigenvalue weighted by atomic mass is 16.5. The predicted molar refractivity (Wildman–Crippen MR) is 157 cm³/mol. The van der Waals surface area contributed by atoms with Crippen LogP contribution in [0.3, 0.4) is 0 Å². The molecule has 2 N–H and O–H groups in total. The van der Waals surface area contributed by atoms with Crippen LogP contribution in [0.2, 0.25) is 0 Å². The number of hydrogen-bond acceptors (Lipinski definition) is 7. The fraction of sp³-hybridized carbons (Fsp3) is 0.333.